The summed E-state index contributed by atoms with van der Waals surface area (Å²) in [5.74, 6) is 0.883. The Kier molecular flexibility index (Phi) is 5.41. The first-order chi connectivity index (χ1) is 8.01. The van der Waals surface area contributed by atoms with E-state index >= 15 is 0 Å². The zero-order valence-corrected chi connectivity index (χ0v) is 10.7. The van der Waals surface area contributed by atoms with Crippen LogP contribution in [-0.2, 0) is 9.59 Å². The Bertz CT molecular complexity index is 271. The van der Waals surface area contributed by atoms with E-state index in [1.54, 1.807) is 0 Å². The van der Waals surface area contributed by atoms with Gasteiger partial charge in [-0.25, -0.2) is 0 Å². The first-order valence-electron chi connectivity index (χ1n) is 6.27. The van der Waals surface area contributed by atoms with E-state index in [0.717, 1.165) is 12.8 Å². The lowest BCUT2D eigenvalue weighted by atomic mass is 9.80. The third-order valence-corrected chi connectivity index (χ3v) is 3.18. The summed E-state index contributed by atoms with van der Waals surface area (Å²) in [5.41, 5.74) is 5.14. The third kappa shape index (κ3) is 5.17. The van der Waals surface area contributed by atoms with Crippen molar-refractivity contribution in [1.82, 2.24) is 10.6 Å². The molecule has 0 aromatic heterocycles. The number of carbonyl (C=O) groups excluding carboxylic acids is 2. The number of amides is 2. The van der Waals surface area contributed by atoms with Gasteiger partial charge in [0.05, 0.1) is 13.1 Å². The molecule has 17 heavy (non-hydrogen) atoms. The predicted octanol–water partition coefficient (Wildman–Crippen LogP) is 0.00220. The molecule has 0 saturated heterocycles. The van der Waals surface area contributed by atoms with Crippen molar-refractivity contribution in [2.75, 3.05) is 13.1 Å². The molecule has 2 atom stereocenters. The normalized spacial score (nSPS) is 28.5. The van der Waals surface area contributed by atoms with Crippen molar-refractivity contribution in [3.63, 3.8) is 0 Å². The molecule has 1 rings (SSSR count). The van der Waals surface area contributed by atoms with E-state index in [1.807, 2.05) is 0 Å². The molecule has 0 aromatic rings. The molecular weight excluding hydrogens is 218 g/mol. The van der Waals surface area contributed by atoms with E-state index in [-0.39, 0.29) is 30.9 Å². The van der Waals surface area contributed by atoms with Crippen LogP contribution in [0.1, 0.15) is 33.1 Å². The first kappa shape index (κ1) is 14.0. The fourth-order valence-corrected chi connectivity index (χ4v) is 2.59. The Morgan fingerprint density at radius 3 is 2.24 bits per heavy atom. The van der Waals surface area contributed by atoms with Gasteiger partial charge in [0.15, 0.2) is 0 Å². The van der Waals surface area contributed by atoms with Crippen LogP contribution in [-0.4, -0.2) is 30.9 Å². The lowest BCUT2D eigenvalue weighted by molar-refractivity contribution is -0.126. The van der Waals surface area contributed by atoms with Crippen molar-refractivity contribution in [2.45, 2.75) is 39.2 Å². The standard InChI is InChI=1S/C12H23N3O2/c1-8-3-9(2)5-10(4-8)15-12(17)7-14-11(16)6-13/h8-10H,3-7,13H2,1-2H3,(H,14,16)(H,15,17). The van der Waals surface area contributed by atoms with Crippen molar-refractivity contribution in [3.05, 3.63) is 0 Å². The van der Waals surface area contributed by atoms with Gasteiger partial charge in [0.25, 0.3) is 0 Å². The second-order valence-electron chi connectivity index (χ2n) is 5.16. The minimum atomic E-state index is -0.300. The van der Waals surface area contributed by atoms with E-state index in [1.165, 1.54) is 6.42 Å². The second-order valence-corrected chi connectivity index (χ2v) is 5.16. The zero-order chi connectivity index (χ0) is 12.8. The summed E-state index contributed by atoms with van der Waals surface area (Å²) in [4.78, 5) is 22.5. The van der Waals surface area contributed by atoms with Crippen LogP contribution in [0.25, 0.3) is 0 Å². The molecule has 2 amide bonds. The maximum atomic E-state index is 11.6. The molecule has 0 aliphatic heterocycles. The predicted molar refractivity (Wildman–Crippen MR) is 66.2 cm³/mol. The van der Waals surface area contributed by atoms with Gasteiger partial charge >= 0.3 is 0 Å². The van der Waals surface area contributed by atoms with Gasteiger partial charge in [-0.05, 0) is 31.1 Å². The summed E-state index contributed by atoms with van der Waals surface area (Å²) in [6, 6.07) is 0.246. The van der Waals surface area contributed by atoms with Gasteiger partial charge in [0.2, 0.25) is 11.8 Å². The van der Waals surface area contributed by atoms with Crippen LogP contribution in [0, 0.1) is 11.8 Å². The van der Waals surface area contributed by atoms with Gasteiger partial charge in [0, 0.05) is 6.04 Å². The van der Waals surface area contributed by atoms with Crippen LogP contribution in [0.15, 0.2) is 0 Å². The number of carbonyl (C=O) groups is 2. The van der Waals surface area contributed by atoms with Crippen molar-refractivity contribution < 1.29 is 9.59 Å². The van der Waals surface area contributed by atoms with Crippen LogP contribution in [0.5, 0.6) is 0 Å². The Labute approximate surface area is 103 Å². The minimum absolute atomic E-state index is 0.0231. The first-order valence-corrected chi connectivity index (χ1v) is 6.27. The van der Waals surface area contributed by atoms with E-state index < -0.39 is 0 Å². The molecule has 0 radical (unpaired) electrons. The number of rotatable bonds is 4. The summed E-state index contributed by atoms with van der Waals surface area (Å²) in [6.07, 6.45) is 3.29. The van der Waals surface area contributed by atoms with Gasteiger partial charge in [-0.3, -0.25) is 9.59 Å². The summed E-state index contributed by atoms with van der Waals surface area (Å²) in [5, 5.41) is 5.43. The fraction of sp³-hybridized carbons (Fsp3) is 0.833. The van der Waals surface area contributed by atoms with Crippen molar-refractivity contribution in [1.29, 1.82) is 0 Å². The average Bonchev–Trinajstić information content (AvgIpc) is 2.24. The molecule has 5 nitrogen and oxygen atoms in total. The van der Waals surface area contributed by atoms with Gasteiger partial charge in [-0.2, -0.15) is 0 Å². The van der Waals surface area contributed by atoms with E-state index in [2.05, 4.69) is 24.5 Å². The van der Waals surface area contributed by atoms with Crippen LogP contribution < -0.4 is 16.4 Å². The Balaban J connectivity index is 2.28. The SMILES string of the molecule is CC1CC(C)CC(NC(=O)CNC(=O)CN)C1. The lowest BCUT2D eigenvalue weighted by Crippen LogP contribution is -2.45. The van der Waals surface area contributed by atoms with Gasteiger partial charge in [0.1, 0.15) is 0 Å². The largest absolute Gasteiger partial charge is 0.352 e. The molecule has 0 spiro atoms. The summed E-state index contributed by atoms with van der Waals surface area (Å²) in [7, 11) is 0. The minimum Gasteiger partial charge on any atom is -0.352 e. The van der Waals surface area contributed by atoms with E-state index in [9.17, 15) is 9.59 Å². The highest BCUT2D eigenvalue weighted by atomic mass is 16.2. The molecule has 0 bridgehead atoms. The molecule has 1 aliphatic rings. The maximum Gasteiger partial charge on any atom is 0.239 e. The number of nitrogens with one attached hydrogen (secondary N) is 2. The highest BCUT2D eigenvalue weighted by Gasteiger charge is 2.24. The third-order valence-electron chi connectivity index (χ3n) is 3.18. The molecule has 5 heteroatoms. The van der Waals surface area contributed by atoms with E-state index in [4.69, 9.17) is 5.73 Å². The zero-order valence-electron chi connectivity index (χ0n) is 10.7. The lowest BCUT2D eigenvalue weighted by Gasteiger charge is -2.31. The number of hydrogen-bond donors (Lipinski definition) is 3. The van der Waals surface area contributed by atoms with Gasteiger partial charge in [-0.1, -0.05) is 13.8 Å². The smallest absolute Gasteiger partial charge is 0.239 e. The molecule has 0 aromatic carbocycles. The van der Waals surface area contributed by atoms with Crippen LogP contribution in [0.4, 0.5) is 0 Å². The topological polar surface area (TPSA) is 84.2 Å². The van der Waals surface area contributed by atoms with Crippen molar-refractivity contribution in [2.24, 2.45) is 17.6 Å². The summed E-state index contributed by atoms with van der Waals surface area (Å²) < 4.78 is 0. The average molecular weight is 241 g/mol. The highest BCUT2D eigenvalue weighted by Crippen LogP contribution is 2.28. The quantitative estimate of drug-likeness (QED) is 0.648. The molecule has 2 unspecified atom stereocenters. The Morgan fingerprint density at radius 1 is 1.12 bits per heavy atom. The van der Waals surface area contributed by atoms with Gasteiger partial charge < -0.3 is 16.4 Å². The molecule has 1 saturated carbocycles. The molecular formula is C12H23N3O2. The maximum absolute atomic E-state index is 11.6. The van der Waals surface area contributed by atoms with Crippen molar-refractivity contribution >= 4 is 11.8 Å². The van der Waals surface area contributed by atoms with Crippen molar-refractivity contribution in [3.8, 4) is 0 Å². The Hall–Kier alpha value is -1.10. The van der Waals surface area contributed by atoms with Crippen LogP contribution >= 0.6 is 0 Å². The number of nitrogens with two attached hydrogens (primary N) is 1. The highest BCUT2D eigenvalue weighted by molar-refractivity contribution is 5.85. The molecule has 4 N–H and O–H groups in total. The molecule has 0 heterocycles. The van der Waals surface area contributed by atoms with E-state index in [0.29, 0.717) is 11.8 Å². The summed E-state index contributed by atoms with van der Waals surface area (Å²) in [6.45, 7) is 4.37. The fourth-order valence-electron chi connectivity index (χ4n) is 2.59. The van der Waals surface area contributed by atoms with Crippen LogP contribution in [0.2, 0.25) is 0 Å². The molecule has 1 aliphatic carbocycles. The Morgan fingerprint density at radius 2 is 1.71 bits per heavy atom. The molecule has 1 fully saturated rings. The van der Waals surface area contributed by atoms with Gasteiger partial charge in [-0.15, -0.1) is 0 Å². The monoisotopic (exact) mass is 241 g/mol. The summed E-state index contributed by atoms with van der Waals surface area (Å²) >= 11 is 0. The second kappa shape index (κ2) is 6.59. The van der Waals surface area contributed by atoms with Crippen LogP contribution in [0.3, 0.4) is 0 Å². The molecule has 98 valence electrons. The number of hydrogen-bond acceptors (Lipinski definition) is 3.